The number of anilines is 1. The highest BCUT2D eigenvalue weighted by molar-refractivity contribution is 5.30. The van der Waals surface area contributed by atoms with E-state index in [9.17, 15) is 13.2 Å². The second-order valence-corrected chi connectivity index (χ2v) is 3.03. The molecule has 1 heterocycles. The van der Waals surface area contributed by atoms with Crippen molar-refractivity contribution < 1.29 is 13.2 Å². The van der Waals surface area contributed by atoms with Crippen LogP contribution >= 0.6 is 0 Å². The summed E-state index contributed by atoms with van der Waals surface area (Å²) < 4.78 is 38.0. The Labute approximate surface area is 79.7 Å². The first-order valence-electron chi connectivity index (χ1n) is 4.35. The fraction of sp³-hybridized carbons (Fsp3) is 0.625. The molecule has 0 saturated heterocycles. The number of unbranched alkanes of at least 4 members (excludes halogenated alkanes) is 1. The summed E-state index contributed by atoms with van der Waals surface area (Å²) in [5, 5.41) is 3.59. The third kappa shape index (κ3) is 2.40. The molecule has 1 rings (SSSR count). The van der Waals surface area contributed by atoms with Crippen molar-refractivity contribution >= 4 is 5.82 Å². The number of nitrogen functional groups attached to an aromatic ring is 1. The summed E-state index contributed by atoms with van der Waals surface area (Å²) in [6.07, 6.45) is -2.90. The van der Waals surface area contributed by atoms with Crippen LogP contribution in [0.5, 0.6) is 0 Å². The van der Waals surface area contributed by atoms with E-state index in [1.165, 1.54) is 0 Å². The Morgan fingerprint density at radius 2 is 2.14 bits per heavy atom. The van der Waals surface area contributed by atoms with Gasteiger partial charge in [0.05, 0.1) is 0 Å². The number of nitrogens with zero attached hydrogens (tertiary/aromatic N) is 2. The van der Waals surface area contributed by atoms with Gasteiger partial charge in [0.15, 0.2) is 0 Å². The number of hydrogen-bond donors (Lipinski definition) is 1. The fourth-order valence-corrected chi connectivity index (χ4v) is 1.14. The highest BCUT2D eigenvalue weighted by atomic mass is 19.4. The second kappa shape index (κ2) is 3.89. The molecule has 80 valence electrons. The zero-order chi connectivity index (χ0) is 10.8. The highest BCUT2D eigenvalue weighted by Crippen LogP contribution is 2.30. The van der Waals surface area contributed by atoms with Crippen LogP contribution in [0.1, 0.15) is 25.5 Å². The Bertz CT molecular complexity index is 303. The molecule has 0 aliphatic rings. The molecule has 0 amide bonds. The van der Waals surface area contributed by atoms with Crippen LogP contribution in [0, 0.1) is 0 Å². The zero-order valence-corrected chi connectivity index (χ0v) is 7.80. The fourth-order valence-electron chi connectivity index (χ4n) is 1.14. The maximum Gasteiger partial charge on any atom is 0.433 e. The van der Waals surface area contributed by atoms with Crippen molar-refractivity contribution in [2.45, 2.75) is 32.5 Å². The quantitative estimate of drug-likeness (QED) is 0.826. The van der Waals surface area contributed by atoms with Crippen LogP contribution in [0.4, 0.5) is 19.0 Å². The monoisotopic (exact) mass is 207 g/mol. The summed E-state index contributed by atoms with van der Waals surface area (Å²) in [5.41, 5.74) is 4.44. The van der Waals surface area contributed by atoms with Crippen LogP contribution in [0.3, 0.4) is 0 Å². The van der Waals surface area contributed by atoms with Crippen LogP contribution in [-0.4, -0.2) is 9.78 Å². The first-order valence-corrected chi connectivity index (χ1v) is 4.35. The van der Waals surface area contributed by atoms with Gasteiger partial charge in [-0.15, -0.1) is 0 Å². The predicted molar refractivity (Wildman–Crippen MR) is 46.5 cm³/mol. The SMILES string of the molecule is CCCCn1nc(N)cc1C(F)(F)F. The van der Waals surface area contributed by atoms with Crippen molar-refractivity contribution in [3.8, 4) is 0 Å². The van der Waals surface area contributed by atoms with Crippen LogP contribution in [0.15, 0.2) is 6.07 Å². The molecule has 0 saturated carbocycles. The summed E-state index contributed by atoms with van der Waals surface area (Å²) >= 11 is 0. The minimum absolute atomic E-state index is 0.0894. The van der Waals surface area contributed by atoms with Gasteiger partial charge in [-0.05, 0) is 6.42 Å². The molecule has 0 aromatic carbocycles. The first kappa shape index (κ1) is 10.9. The average molecular weight is 207 g/mol. The van der Waals surface area contributed by atoms with Gasteiger partial charge < -0.3 is 5.73 Å². The Morgan fingerprint density at radius 1 is 1.50 bits per heavy atom. The topological polar surface area (TPSA) is 43.8 Å². The summed E-state index contributed by atoms with van der Waals surface area (Å²) in [4.78, 5) is 0. The lowest BCUT2D eigenvalue weighted by molar-refractivity contribution is -0.144. The molecule has 14 heavy (non-hydrogen) atoms. The molecule has 0 atom stereocenters. The lowest BCUT2D eigenvalue weighted by Gasteiger charge is -2.08. The van der Waals surface area contributed by atoms with E-state index in [4.69, 9.17) is 5.73 Å². The molecule has 1 aromatic heterocycles. The summed E-state index contributed by atoms with van der Waals surface area (Å²) in [5.74, 6) is -0.0894. The normalized spacial score (nSPS) is 12.0. The number of aromatic nitrogens is 2. The van der Waals surface area contributed by atoms with Crippen molar-refractivity contribution in [1.29, 1.82) is 0 Å². The van der Waals surface area contributed by atoms with Crippen molar-refractivity contribution in [2.24, 2.45) is 0 Å². The van der Waals surface area contributed by atoms with Crippen molar-refractivity contribution in [1.82, 2.24) is 9.78 Å². The standard InChI is InChI=1S/C8H12F3N3/c1-2-3-4-14-6(8(9,10)11)5-7(12)13-14/h5H,2-4H2,1H3,(H2,12,13). The van der Waals surface area contributed by atoms with E-state index in [-0.39, 0.29) is 12.4 Å². The smallest absolute Gasteiger partial charge is 0.382 e. The number of aryl methyl sites for hydroxylation is 1. The number of nitrogens with two attached hydrogens (primary N) is 1. The lowest BCUT2D eigenvalue weighted by Crippen LogP contribution is -2.14. The average Bonchev–Trinajstić information content (AvgIpc) is 2.42. The van der Waals surface area contributed by atoms with Gasteiger partial charge in [-0.1, -0.05) is 13.3 Å². The van der Waals surface area contributed by atoms with Gasteiger partial charge in [0.2, 0.25) is 0 Å². The molecule has 0 spiro atoms. The number of rotatable bonds is 3. The predicted octanol–water partition coefficient (Wildman–Crippen LogP) is 2.28. The molecule has 0 radical (unpaired) electrons. The van der Waals surface area contributed by atoms with E-state index in [1.807, 2.05) is 6.92 Å². The first-order chi connectivity index (χ1) is 6.45. The van der Waals surface area contributed by atoms with Gasteiger partial charge in [0.25, 0.3) is 0 Å². The van der Waals surface area contributed by atoms with Gasteiger partial charge in [0, 0.05) is 12.6 Å². The maximum atomic E-state index is 12.4. The van der Waals surface area contributed by atoms with Crippen molar-refractivity contribution in [3.63, 3.8) is 0 Å². The minimum atomic E-state index is -4.38. The Morgan fingerprint density at radius 3 is 2.64 bits per heavy atom. The molecular formula is C8H12F3N3. The third-order valence-electron chi connectivity index (χ3n) is 1.81. The van der Waals surface area contributed by atoms with E-state index in [0.29, 0.717) is 6.42 Å². The summed E-state index contributed by atoms with van der Waals surface area (Å²) in [6, 6.07) is 0.857. The molecule has 0 unspecified atom stereocenters. The molecule has 1 aromatic rings. The van der Waals surface area contributed by atoms with E-state index in [0.717, 1.165) is 17.2 Å². The van der Waals surface area contributed by atoms with Gasteiger partial charge >= 0.3 is 6.18 Å². The number of alkyl halides is 3. The zero-order valence-electron chi connectivity index (χ0n) is 7.80. The number of hydrogen-bond acceptors (Lipinski definition) is 2. The Kier molecular flexibility index (Phi) is 3.03. The Balaban J connectivity index is 2.91. The summed E-state index contributed by atoms with van der Waals surface area (Å²) in [7, 11) is 0. The van der Waals surface area contributed by atoms with E-state index in [1.54, 1.807) is 0 Å². The molecule has 0 bridgehead atoms. The van der Waals surface area contributed by atoms with E-state index < -0.39 is 11.9 Å². The lowest BCUT2D eigenvalue weighted by atomic mass is 10.3. The van der Waals surface area contributed by atoms with Crippen LogP contribution in [-0.2, 0) is 12.7 Å². The van der Waals surface area contributed by atoms with Gasteiger partial charge in [-0.25, -0.2) is 0 Å². The van der Waals surface area contributed by atoms with Crippen LogP contribution < -0.4 is 5.73 Å². The highest BCUT2D eigenvalue weighted by Gasteiger charge is 2.35. The molecule has 2 N–H and O–H groups in total. The summed E-state index contributed by atoms with van der Waals surface area (Å²) in [6.45, 7) is 2.16. The molecule has 0 aliphatic carbocycles. The van der Waals surface area contributed by atoms with E-state index >= 15 is 0 Å². The van der Waals surface area contributed by atoms with E-state index in [2.05, 4.69) is 5.10 Å². The van der Waals surface area contributed by atoms with Crippen LogP contribution in [0.2, 0.25) is 0 Å². The molecule has 0 aliphatic heterocycles. The van der Waals surface area contributed by atoms with Crippen molar-refractivity contribution in [3.05, 3.63) is 11.8 Å². The maximum absolute atomic E-state index is 12.4. The largest absolute Gasteiger partial charge is 0.433 e. The van der Waals surface area contributed by atoms with Gasteiger partial charge in [-0.3, -0.25) is 4.68 Å². The molecule has 6 heteroatoms. The minimum Gasteiger partial charge on any atom is -0.382 e. The van der Waals surface area contributed by atoms with Gasteiger partial charge in [-0.2, -0.15) is 18.3 Å². The second-order valence-electron chi connectivity index (χ2n) is 3.03. The van der Waals surface area contributed by atoms with Crippen molar-refractivity contribution in [2.75, 3.05) is 5.73 Å². The molecular weight excluding hydrogens is 195 g/mol. The molecule has 0 fully saturated rings. The van der Waals surface area contributed by atoms with Crippen LogP contribution in [0.25, 0.3) is 0 Å². The number of halogens is 3. The van der Waals surface area contributed by atoms with Gasteiger partial charge in [0.1, 0.15) is 11.5 Å². The molecule has 3 nitrogen and oxygen atoms in total. The third-order valence-corrected chi connectivity index (χ3v) is 1.81. The Hall–Kier alpha value is -1.20.